The van der Waals surface area contributed by atoms with E-state index < -0.39 is 0 Å². The van der Waals surface area contributed by atoms with Crippen LogP contribution < -0.4 is 19.9 Å². The minimum atomic E-state index is 0.0288. The minimum absolute atomic E-state index is 0.0288. The van der Waals surface area contributed by atoms with Crippen molar-refractivity contribution < 1.29 is 14.4 Å². The summed E-state index contributed by atoms with van der Waals surface area (Å²) in [5, 5.41) is 3.16. The van der Waals surface area contributed by atoms with Gasteiger partial charge in [0.2, 0.25) is 0 Å². The molecule has 28 heavy (non-hydrogen) atoms. The number of anilines is 1. The zero-order valence-electron chi connectivity index (χ0n) is 17.4. The molecule has 2 N–H and O–H groups in total. The lowest BCUT2D eigenvalue weighted by Crippen LogP contribution is -3.15. The lowest BCUT2D eigenvalue weighted by molar-refractivity contribution is -0.892. The topological polar surface area (TPSA) is 46.0 Å². The lowest BCUT2D eigenvalue weighted by Gasteiger charge is -2.34. The van der Waals surface area contributed by atoms with E-state index in [2.05, 4.69) is 55.3 Å². The van der Waals surface area contributed by atoms with E-state index in [1.807, 2.05) is 18.2 Å². The summed E-state index contributed by atoms with van der Waals surface area (Å²) in [6.07, 6.45) is 0. The van der Waals surface area contributed by atoms with Gasteiger partial charge >= 0.3 is 0 Å². The SMILES string of the molecule is COc1ccccc1N1CC[NH+](CC(=O)N[C@H](C)c2ccc(C)c(C)c2)CC1. The Hall–Kier alpha value is -2.53. The van der Waals surface area contributed by atoms with Crippen LogP contribution in [-0.4, -0.2) is 45.7 Å². The number of methoxy groups -OCH3 is 1. The molecule has 5 heteroatoms. The summed E-state index contributed by atoms with van der Waals surface area (Å²) in [5.41, 5.74) is 4.83. The highest BCUT2D eigenvalue weighted by Gasteiger charge is 2.24. The molecule has 1 aliphatic rings. The fourth-order valence-electron chi connectivity index (χ4n) is 3.77. The maximum atomic E-state index is 12.5. The van der Waals surface area contributed by atoms with E-state index >= 15 is 0 Å². The van der Waals surface area contributed by atoms with Crippen molar-refractivity contribution in [2.75, 3.05) is 44.7 Å². The first-order chi connectivity index (χ1) is 13.5. The van der Waals surface area contributed by atoms with E-state index in [9.17, 15) is 4.79 Å². The summed E-state index contributed by atoms with van der Waals surface area (Å²) in [6.45, 7) is 10.5. The van der Waals surface area contributed by atoms with Crippen molar-refractivity contribution in [2.45, 2.75) is 26.8 Å². The third-order valence-electron chi connectivity index (χ3n) is 5.72. The molecule has 2 aromatic rings. The molecule has 0 aliphatic carbocycles. The first kappa shape index (κ1) is 20.2. The number of aryl methyl sites for hydroxylation is 2. The summed E-state index contributed by atoms with van der Waals surface area (Å²) < 4.78 is 5.48. The Morgan fingerprint density at radius 1 is 1.14 bits per heavy atom. The highest BCUT2D eigenvalue weighted by atomic mass is 16.5. The van der Waals surface area contributed by atoms with Gasteiger partial charge in [0.05, 0.1) is 45.0 Å². The molecule has 1 aliphatic heterocycles. The molecule has 0 spiro atoms. The van der Waals surface area contributed by atoms with E-state index in [1.54, 1.807) is 7.11 Å². The standard InChI is InChI=1S/C23H31N3O2/c1-17-9-10-20(15-18(17)2)19(3)24-23(27)16-25-11-13-26(14-12-25)21-7-5-6-8-22(21)28-4/h5-10,15,19H,11-14,16H2,1-4H3,(H,24,27)/p+1/t19-/m1/s1. The van der Waals surface area contributed by atoms with Crippen molar-refractivity contribution >= 4 is 11.6 Å². The predicted molar refractivity (Wildman–Crippen MR) is 113 cm³/mol. The number of hydrogen-bond donors (Lipinski definition) is 2. The Morgan fingerprint density at radius 2 is 1.86 bits per heavy atom. The van der Waals surface area contributed by atoms with Crippen molar-refractivity contribution in [3.8, 4) is 5.75 Å². The quantitative estimate of drug-likeness (QED) is 0.802. The number of carbonyl (C=O) groups excluding carboxylic acids is 1. The largest absolute Gasteiger partial charge is 0.495 e. The van der Waals surface area contributed by atoms with Crippen LogP contribution in [0.25, 0.3) is 0 Å². The molecular weight excluding hydrogens is 350 g/mol. The van der Waals surface area contributed by atoms with Gasteiger partial charge in [-0.1, -0.05) is 30.3 Å². The van der Waals surface area contributed by atoms with E-state index in [1.165, 1.54) is 16.0 Å². The van der Waals surface area contributed by atoms with Crippen molar-refractivity contribution in [2.24, 2.45) is 0 Å². The number of quaternary nitrogens is 1. The number of rotatable bonds is 6. The van der Waals surface area contributed by atoms with Crippen molar-refractivity contribution in [3.05, 3.63) is 59.2 Å². The van der Waals surface area contributed by atoms with E-state index in [0.29, 0.717) is 6.54 Å². The summed E-state index contributed by atoms with van der Waals surface area (Å²) in [6, 6.07) is 14.5. The molecule has 150 valence electrons. The minimum Gasteiger partial charge on any atom is -0.495 e. The monoisotopic (exact) mass is 382 g/mol. The molecule has 0 bridgehead atoms. The highest BCUT2D eigenvalue weighted by molar-refractivity contribution is 5.77. The van der Waals surface area contributed by atoms with Crippen molar-refractivity contribution in [3.63, 3.8) is 0 Å². The number of ether oxygens (including phenoxy) is 1. The van der Waals surface area contributed by atoms with Crippen LogP contribution in [0.4, 0.5) is 5.69 Å². The van der Waals surface area contributed by atoms with Gasteiger partial charge in [0.1, 0.15) is 5.75 Å². The fourth-order valence-corrected chi connectivity index (χ4v) is 3.77. The Labute approximate surface area is 168 Å². The molecule has 1 atom stereocenters. The van der Waals surface area contributed by atoms with E-state index in [4.69, 9.17) is 4.74 Å². The van der Waals surface area contributed by atoms with Gasteiger partial charge in [-0.3, -0.25) is 4.79 Å². The maximum Gasteiger partial charge on any atom is 0.275 e. The summed E-state index contributed by atoms with van der Waals surface area (Å²) >= 11 is 0. The van der Waals surface area contributed by atoms with Crippen molar-refractivity contribution in [1.29, 1.82) is 0 Å². The number of nitrogens with one attached hydrogen (secondary N) is 2. The average Bonchev–Trinajstić information content (AvgIpc) is 2.70. The number of nitrogens with zero attached hydrogens (tertiary/aromatic N) is 1. The smallest absolute Gasteiger partial charge is 0.275 e. The Morgan fingerprint density at radius 3 is 2.54 bits per heavy atom. The lowest BCUT2D eigenvalue weighted by atomic mass is 10.0. The number of piperazine rings is 1. The van der Waals surface area contributed by atoms with Gasteiger partial charge in [0.15, 0.2) is 6.54 Å². The molecule has 3 rings (SSSR count). The molecule has 5 nitrogen and oxygen atoms in total. The van der Waals surface area contributed by atoms with Crippen LogP contribution in [0.3, 0.4) is 0 Å². The first-order valence-corrected chi connectivity index (χ1v) is 10.1. The molecule has 0 saturated carbocycles. The van der Waals surface area contributed by atoms with Crippen LogP contribution >= 0.6 is 0 Å². The maximum absolute atomic E-state index is 12.5. The Bertz CT molecular complexity index is 813. The van der Waals surface area contributed by atoms with Crippen molar-refractivity contribution in [1.82, 2.24) is 5.32 Å². The van der Waals surface area contributed by atoms with E-state index in [-0.39, 0.29) is 11.9 Å². The van der Waals surface area contributed by atoms with Crippen LogP contribution in [0.1, 0.15) is 29.7 Å². The Balaban J connectivity index is 1.50. The summed E-state index contributed by atoms with van der Waals surface area (Å²) in [5.74, 6) is 1.03. The zero-order valence-corrected chi connectivity index (χ0v) is 17.4. The molecular formula is C23H32N3O2+. The highest BCUT2D eigenvalue weighted by Crippen LogP contribution is 2.27. The van der Waals surface area contributed by atoms with Crippen LogP contribution in [0.2, 0.25) is 0 Å². The summed E-state index contributed by atoms with van der Waals surface area (Å²) in [4.78, 5) is 16.2. The normalized spacial score (nSPS) is 15.9. The molecule has 0 unspecified atom stereocenters. The molecule has 1 heterocycles. The second kappa shape index (κ2) is 9.11. The fraction of sp³-hybridized carbons (Fsp3) is 0.435. The predicted octanol–water partition coefficient (Wildman–Crippen LogP) is 1.89. The van der Waals surface area contributed by atoms with Gasteiger partial charge in [0.25, 0.3) is 5.91 Å². The van der Waals surface area contributed by atoms with Crippen LogP contribution in [0.5, 0.6) is 5.75 Å². The van der Waals surface area contributed by atoms with Gasteiger partial charge in [-0.15, -0.1) is 0 Å². The van der Waals surface area contributed by atoms with Gasteiger partial charge in [-0.05, 0) is 49.6 Å². The third-order valence-corrected chi connectivity index (χ3v) is 5.72. The molecule has 1 saturated heterocycles. The molecule has 1 amide bonds. The van der Waals surface area contributed by atoms with Gasteiger partial charge in [-0.25, -0.2) is 0 Å². The first-order valence-electron chi connectivity index (χ1n) is 10.1. The van der Waals surface area contributed by atoms with Crippen LogP contribution in [0, 0.1) is 13.8 Å². The summed E-state index contributed by atoms with van der Waals surface area (Å²) in [7, 11) is 1.71. The Kier molecular flexibility index (Phi) is 6.57. The molecule has 0 aromatic heterocycles. The van der Waals surface area contributed by atoms with Gasteiger partial charge < -0.3 is 19.9 Å². The second-order valence-corrected chi connectivity index (χ2v) is 7.72. The third kappa shape index (κ3) is 4.84. The van der Waals surface area contributed by atoms with Gasteiger partial charge in [0, 0.05) is 0 Å². The molecule has 2 aromatic carbocycles. The average molecular weight is 383 g/mol. The van der Waals surface area contributed by atoms with Crippen LogP contribution in [0.15, 0.2) is 42.5 Å². The number of carbonyl (C=O) groups is 1. The number of hydrogen-bond acceptors (Lipinski definition) is 3. The number of amides is 1. The zero-order chi connectivity index (χ0) is 20.1. The second-order valence-electron chi connectivity index (χ2n) is 7.72. The number of para-hydroxylation sites is 2. The molecule has 0 radical (unpaired) electrons. The molecule has 1 fully saturated rings. The van der Waals surface area contributed by atoms with Crippen LogP contribution in [-0.2, 0) is 4.79 Å². The number of benzene rings is 2. The van der Waals surface area contributed by atoms with E-state index in [0.717, 1.165) is 43.2 Å². The van der Waals surface area contributed by atoms with Gasteiger partial charge in [-0.2, -0.15) is 0 Å².